The third-order valence-electron chi connectivity index (χ3n) is 4.16. The van der Waals surface area contributed by atoms with Crippen LogP contribution in [-0.2, 0) is 0 Å². The highest BCUT2D eigenvalue weighted by Crippen LogP contribution is 2.48. The summed E-state index contributed by atoms with van der Waals surface area (Å²) in [5.41, 5.74) is 0. The third-order valence-corrected chi connectivity index (χ3v) is 5.04. The van der Waals surface area contributed by atoms with Crippen molar-refractivity contribution < 1.29 is 14.6 Å². The van der Waals surface area contributed by atoms with Gasteiger partial charge in [-0.05, 0) is 48.5 Å². The molecule has 0 aromatic carbocycles. The minimum absolute atomic E-state index is 0.327. The Bertz CT molecular complexity index is 426. The molecule has 0 saturated heterocycles. The molecule has 0 aliphatic heterocycles. The standard InChI is InChI=1S/C13H16O3S/c14-13(15)12-11(3-4-17-12)16-7-10-6-8-1-2-9(10)5-8/h3-4,8-10H,1-2,5-7H2,(H,14,15). The first-order chi connectivity index (χ1) is 8.24. The second kappa shape index (κ2) is 4.33. The highest BCUT2D eigenvalue weighted by molar-refractivity contribution is 7.12. The summed E-state index contributed by atoms with van der Waals surface area (Å²) in [6.07, 6.45) is 5.37. The van der Waals surface area contributed by atoms with Gasteiger partial charge in [0.05, 0.1) is 6.61 Å². The number of aromatic carboxylic acids is 1. The molecule has 0 amide bonds. The number of carboxylic acid groups (broad SMARTS) is 1. The predicted molar refractivity (Wildman–Crippen MR) is 65.7 cm³/mol. The van der Waals surface area contributed by atoms with Gasteiger partial charge in [0.15, 0.2) is 4.88 Å². The van der Waals surface area contributed by atoms with Crippen LogP contribution in [0.1, 0.15) is 35.4 Å². The maximum atomic E-state index is 10.9. The summed E-state index contributed by atoms with van der Waals surface area (Å²) >= 11 is 1.23. The monoisotopic (exact) mass is 252 g/mol. The van der Waals surface area contributed by atoms with E-state index in [1.807, 2.05) is 0 Å². The summed E-state index contributed by atoms with van der Waals surface area (Å²) in [5, 5.41) is 10.8. The van der Waals surface area contributed by atoms with Gasteiger partial charge < -0.3 is 9.84 Å². The Kier molecular flexibility index (Phi) is 2.82. The minimum Gasteiger partial charge on any atom is -0.491 e. The molecule has 2 fully saturated rings. The van der Waals surface area contributed by atoms with Crippen molar-refractivity contribution in [3.05, 3.63) is 16.3 Å². The van der Waals surface area contributed by atoms with Crippen LogP contribution >= 0.6 is 11.3 Å². The SMILES string of the molecule is O=C(O)c1sccc1OCC1CC2CCC1C2. The van der Waals surface area contributed by atoms with Gasteiger partial charge >= 0.3 is 5.97 Å². The molecule has 17 heavy (non-hydrogen) atoms. The van der Waals surface area contributed by atoms with E-state index < -0.39 is 5.97 Å². The van der Waals surface area contributed by atoms with E-state index in [-0.39, 0.29) is 0 Å². The lowest BCUT2D eigenvalue weighted by atomic mass is 9.89. The molecule has 3 unspecified atom stereocenters. The van der Waals surface area contributed by atoms with E-state index in [1.54, 1.807) is 11.4 Å². The lowest BCUT2D eigenvalue weighted by molar-refractivity contribution is 0.0696. The van der Waals surface area contributed by atoms with E-state index in [4.69, 9.17) is 9.84 Å². The molecule has 92 valence electrons. The fraction of sp³-hybridized carbons (Fsp3) is 0.615. The van der Waals surface area contributed by atoms with Gasteiger partial charge in [0.1, 0.15) is 5.75 Å². The number of carbonyl (C=O) groups is 1. The fourth-order valence-corrected chi connectivity index (χ4v) is 4.02. The molecule has 1 N–H and O–H groups in total. The fourth-order valence-electron chi connectivity index (χ4n) is 3.34. The zero-order valence-corrected chi connectivity index (χ0v) is 10.4. The molecule has 2 aliphatic carbocycles. The highest BCUT2D eigenvalue weighted by Gasteiger charge is 2.39. The van der Waals surface area contributed by atoms with Crippen molar-refractivity contribution in [2.24, 2.45) is 17.8 Å². The van der Waals surface area contributed by atoms with Crippen LogP contribution in [0.5, 0.6) is 5.75 Å². The molecular weight excluding hydrogens is 236 g/mol. The molecule has 0 spiro atoms. The molecule has 3 atom stereocenters. The molecule has 2 bridgehead atoms. The molecule has 0 radical (unpaired) electrons. The zero-order valence-electron chi connectivity index (χ0n) is 9.59. The molecule has 1 aromatic heterocycles. The van der Waals surface area contributed by atoms with Crippen molar-refractivity contribution in [1.82, 2.24) is 0 Å². The summed E-state index contributed by atoms with van der Waals surface area (Å²) in [7, 11) is 0. The maximum absolute atomic E-state index is 10.9. The van der Waals surface area contributed by atoms with Gasteiger partial charge in [-0.15, -0.1) is 11.3 Å². The minimum atomic E-state index is -0.886. The van der Waals surface area contributed by atoms with E-state index in [9.17, 15) is 4.79 Å². The second-order valence-corrected chi connectivity index (χ2v) is 6.08. The Labute approximate surface area is 104 Å². The molecular formula is C13H16O3S. The Morgan fingerprint density at radius 1 is 1.47 bits per heavy atom. The van der Waals surface area contributed by atoms with E-state index in [0.717, 1.165) is 11.8 Å². The first-order valence-electron chi connectivity index (χ1n) is 6.17. The maximum Gasteiger partial charge on any atom is 0.349 e. The summed E-state index contributed by atoms with van der Waals surface area (Å²) in [5.74, 6) is 2.05. The van der Waals surface area contributed by atoms with Gasteiger partial charge in [-0.1, -0.05) is 6.42 Å². The van der Waals surface area contributed by atoms with E-state index in [0.29, 0.717) is 23.2 Å². The zero-order chi connectivity index (χ0) is 11.8. The Morgan fingerprint density at radius 3 is 3.00 bits per heavy atom. The van der Waals surface area contributed by atoms with Gasteiger partial charge in [0, 0.05) is 0 Å². The normalized spacial score (nSPS) is 30.7. The summed E-state index contributed by atoms with van der Waals surface area (Å²) in [4.78, 5) is 11.3. The quantitative estimate of drug-likeness (QED) is 0.894. The van der Waals surface area contributed by atoms with E-state index >= 15 is 0 Å². The predicted octanol–water partition coefficient (Wildman–Crippen LogP) is 3.26. The largest absolute Gasteiger partial charge is 0.491 e. The first kappa shape index (κ1) is 11.1. The topological polar surface area (TPSA) is 46.5 Å². The van der Waals surface area contributed by atoms with Gasteiger partial charge in [-0.2, -0.15) is 0 Å². The smallest absolute Gasteiger partial charge is 0.349 e. The lowest BCUT2D eigenvalue weighted by Crippen LogP contribution is -2.18. The average molecular weight is 252 g/mol. The Hall–Kier alpha value is -1.03. The third kappa shape index (κ3) is 2.06. The van der Waals surface area contributed by atoms with Crippen LogP contribution in [0.25, 0.3) is 0 Å². The van der Waals surface area contributed by atoms with Crippen molar-refractivity contribution in [2.75, 3.05) is 6.61 Å². The van der Waals surface area contributed by atoms with Crippen molar-refractivity contribution in [3.63, 3.8) is 0 Å². The molecule has 2 saturated carbocycles. The van der Waals surface area contributed by atoms with Gasteiger partial charge in [-0.3, -0.25) is 0 Å². The van der Waals surface area contributed by atoms with Crippen LogP contribution in [0.2, 0.25) is 0 Å². The molecule has 2 aliphatic rings. The molecule has 3 nitrogen and oxygen atoms in total. The number of hydrogen-bond donors (Lipinski definition) is 1. The summed E-state index contributed by atoms with van der Waals surface area (Å²) in [6, 6.07) is 1.77. The Morgan fingerprint density at radius 2 is 2.35 bits per heavy atom. The number of hydrogen-bond acceptors (Lipinski definition) is 3. The van der Waals surface area contributed by atoms with Crippen molar-refractivity contribution in [2.45, 2.75) is 25.7 Å². The van der Waals surface area contributed by atoms with Gasteiger partial charge in [-0.25, -0.2) is 4.79 Å². The van der Waals surface area contributed by atoms with Crippen LogP contribution in [0.15, 0.2) is 11.4 Å². The number of rotatable bonds is 4. The van der Waals surface area contributed by atoms with Crippen LogP contribution in [0.4, 0.5) is 0 Å². The molecule has 1 aromatic rings. The molecule has 3 rings (SSSR count). The van der Waals surface area contributed by atoms with Crippen LogP contribution in [0.3, 0.4) is 0 Å². The number of fused-ring (bicyclic) bond motifs is 2. The van der Waals surface area contributed by atoms with Crippen molar-refractivity contribution >= 4 is 17.3 Å². The summed E-state index contributed by atoms with van der Waals surface area (Å²) < 4.78 is 5.70. The highest BCUT2D eigenvalue weighted by atomic mass is 32.1. The molecule has 1 heterocycles. The van der Waals surface area contributed by atoms with Gasteiger partial charge in [0.2, 0.25) is 0 Å². The molecule has 4 heteroatoms. The number of ether oxygens (including phenoxy) is 1. The van der Waals surface area contributed by atoms with Crippen molar-refractivity contribution in [3.8, 4) is 5.75 Å². The van der Waals surface area contributed by atoms with Crippen molar-refractivity contribution in [1.29, 1.82) is 0 Å². The van der Waals surface area contributed by atoms with E-state index in [2.05, 4.69) is 0 Å². The second-order valence-electron chi connectivity index (χ2n) is 5.17. The average Bonchev–Trinajstić information content (AvgIpc) is 3.01. The summed E-state index contributed by atoms with van der Waals surface area (Å²) in [6.45, 7) is 0.693. The Balaban J connectivity index is 1.60. The number of thiophene rings is 1. The first-order valence-corrected chi connectivity index (χ1v) is 7.05. The van der Waals surface area contributed by atoms with Crippen LogP contribution in [0, 0.1) is 17.8 Å². The van der Waals surface area contributed by atoms with Crippen LogP contribution in [-0.4, -0.2) is 17.7 Å². The van der Waals surface area contributed by atoms with Gasteiger partial charge in [0.25, 0.3) is 0 Å². The van der Waals surface area contributed by atoms with Crippen LogP contribution < -0.4 is 4.74 Å². The van der Waals surface area contributed by atoms with E-state index in [1.165, 1.54) is 37.0 Å². The lowest BCUT2D eigenvalue weighted by Gasteiger charge is -2.21. The number of carboxylic acids is 1.